The smallest absolute Gasteiger partial charge is 0.0627 e. The van der Waals surface area contributed by atoms with Crippen molar-refractivity contribution in [1.82, 2.24) is 5.32 Å². The van der Waals surface area contributed by atoms with Crippen LogP contribution in [0.4, 0.5) is 0 Å². The van der Waals surface area contributed by atoms with Crippen LogP contribution < -0.4 is 5.32 Å². The van der Waals surface area contributed by atoms with Crippen molar-refractivity contribution in [2.75, 3.05) is 13.1 Å². The third-order valence-corrected chi connectivity index (χ3v) is 3.32. The molecule has 1 heterocycles. The van der Waals surface area contributed by atoms with Gasteiger partial charge < -0.3 is 5.32 Å². The molecule has 1 aromatic carbocycles. The average Bonchev–Trinajstić information content (AvgIpc) is 2.62. The van der Waals surface area contributed by atoms with Gasteiger partial charge in [0.05, 0.1) is 10.0 Å². The zero-order valence-corrected chi connectivity index (χ0v) is 8.70. The summed E-state index contributed by atoms with van der Waals surface area (Å²) in [7, 11) is 0. The number of rotatable bonds is 1. The Hall–Kier alpha value is -0.240. The van der Waals surface area contributed by atoms with Crippen LogP contribution in [0.1, 0.15) is 17.9 Å². The summed E-state index contributed by atoms with van der Waals surface area (Å²) < 4.78 is 0. The van der Waals surface area contributed by atoms with Gasteiger partial charge in [-0.05, 0) is 30.5 Å². The molecule has 0 aromatic heterocycles. The molecule has 70 valence electrons. The summed E-state index contributed by atoms with van der Waals surface area (Å²) in [4.78, 5) is 0. The quantitative estimate of drug-likeness (QED) is 0.760. The lowest BCUT2D eigenvalue weighted by molar-refractivity contribution is 0.764. The zero-order valence-electron chi connectivity index (χ0n) is 7.19. The Bertz CT molecular complexity index is 306. The van der Waals surface area contributed by atoms with E-state index in [9.17, 15) is 0 Å². The minimum atomic E-state index is 0.534. The fourth-order valence-electron chi connectivity index (χ4n) is 1.76. The molecule has 0 saturated carbocycles. The van der Waals surface area contributed by atoms with Gasteiger partial charge >= 0.3 is 0 Å². The molecule has 1 N–H and O–H groups in total. The van der Waals surface area contributed by atoms with Gasteiger partial charge in [0.1, 0.15) is 0 Å². The highest BCUT2D eigenvalue weighted by Gasteiger charge is 2.19. The second-order valence-electron chi connectivity index (χ2n) is 3.33. The molecular weight excluding hydrogens is 205 g/mol. The second kappa shape index (κ2) is 3.87. The summed E-state index contributed by atoms with van der Waals surface area (Å²) in [6.45, 7) is 2.09. The van der Waals surface area contributed by atoms with Crippen LogP contribution in [0.25, 0.3) is 0 Å². The highest BCUT2D eigenvalue weighted by molar-refractivity contribution is 6.42. The third-order valence-electron chi connectivity index (χ3n) is 2.48. The number of halogens is 2. The molecule has 1 nitrogen and oxygen atoms in total. The van der Waals surface area contributed by atoms with Crippen molar-refractivity contribution in [2.45, 2.75) is 12.3 Å². The van der Waals surface area contributed by atoms with Gasteiger partial charge in [0.15, 0.2) is 0 Å². The van der Waals surface area contributed by atoms with Crippen molar-refractivity contribution in [3.8, 4) is 0 Å². The van der Waals surface area contributed by atoms with Crippen molar-refractivity contribution in [1.29, 1.82) is 0 Å². The molecule has 1 aliphatic heterocycles. The SMILES string of the molecule is Clc1cccc([C@H]2CCNC2)c1Cl. The summed E-state index contributed by atoms with van der Waals surface area (Å²) in [6.07, 6.45) is 1.15. The van der Waals surface area contributed by atoms with Crippen LogP contribution in [0, 0.1) is 0 Å². The Morgan fingerprint density at radius 3 is 2.85 bits per heavy atom. The van der Waals surface area contributed by atoms with Crippen molar-refractivity contribution in [3.63, 3.8) is 0 Å². The Labute approximate surface area is 88.0 Å². The normalized spacial score (nSPS) is 22.2. The van der Waals surface area contributed by atoms with Crippen molar-refractivity contribution in [3.05, 3.63) is 33.8 Å². The van der Waals surface area contributed by atoms with E-state index in [1.165, 1.54) is 5.56 Å². The minimum absolute atomic E-state index is 0.534. The molecule has 1 aromatic rings. The summed E-state index contributed by atoms with van der Waals surface area (Å²) >= 11 is 12.1. The molecule has 0 aliphatic carbocycles. The maximum Gasteiger partial charge on any atom is 0.0627 e. The maximum absolute atomic E-state index is 6.11. The van der Waals surface area contributed by atoms with Crippen molar-refractivity contribution >= 4 is 23.2 Å². The molecule has 1 atom stereocenters. The summed E-state index contributed by atoms with van der Waals surface area (Å²) in [5.41, 5.74) is 1.18. The number of hydrogen-bond acceptors (Lipinski definition) is 1. The van der Waals surface area contributed by atoms with Crippen LogP contribution in [0.15, 0.2) is 18.2 Å². The van der Waals surface area contributed by atoms with Gasteiger partial charge in [0, 0.05) is 6.54 Å². The highest BCUT2D eigenvalue weighted by Crippen LogP contribution is 2.33. The van der Waals surface area contributed by atoms with Crippen LogP contribution in [0.2, 0.25) is 10.0 Å². The first kappa shape index (κ1) is 9.32. The largest absolute Gasteiger partial charge is 0.316 e. The van der Waals surface area contributed by atoms with Gasteiger partial charge in [-0.3, -0.25) is 0 Å². The summed E-state index contributed by atoms with van der Waals surface area (Å²) in [5.74, 6) is 0.534. The molecule has 1 aliphatic rings. The van der Waals surface area contributed by atoms with Crippen LogP contribution >= 0.6 is 23.2 Å². The molecule has 3 heteroatoms. The average molecular weight is 216 g/mol. The molecule has 2 rings (SSSR count). The molecule has 13 heavy (non-hydrogen) atoms. The Balaban J connectivity index is 2.33. The van der Waals surface area contributed by atoms with Gasteiger partial charge in [-0.1, -0.05) is 35.3 Å². The Morgan fingerprint density at radius 2 is 2.15 bits per heavy atom. The Kier molecular flexibility index (Phi) is 2.77. The first-order chi connectivity index (χ1) is 6.29. The van der Waals surface area contributed by atoms with Gasteiger partial charge in [0.2, 0.25) is 0 Å². The monoisotopic (exact) mass is 215 g/mol. The molecule has 0 radical (unpaired) electrons. The van der Waals surface area contributed by atoms with E-state index in [1.807, 2.05) is 12.1 Å². The van der Waals surface area contributed by atoms with E-state index in [-0.39, 0.29) is 0 Å². The molecule has 0 amide bonds. The van der Waals surface area contributed by atoms with E-state index >= 15 is 0 Å². The van der Waals surface area contributed by atoms with Gasteiger partial charge in [-0.15, -0.1) is 0 Å². The number of hydrogen-bond donors (Lipinski definition) is 1. The molecule has 0 unspecified atom stereocenters. The van der Waals surface area contributed by atoms with Crippen LogP contribution in [0.5, 0.6) is 0 Å². The lowest BCUT2D eigenvalue weighted by Crippen LogP contribution is -2.08. The predicted octanol–water partition coefficient (Wildman–Crippen LogP) is 3.07. The fraction of sp³-hybridized carbons (Fsp3) is 0.400. The van der Waals surface area contributed by atoms with Crippen LogP contribution in [0.3, 0.4) is 0 Å². The van der Waals surface area contributed by atoms with E-state index in [0.29, 0.717) is 10.9 Å². The van der Waals surface area contributed by atoms with E-state index < -0.39 is 0 Å². The van der Waals surface area contributed by atoms with Crippen LogP contribution in [-0.4, -0.2) is 13.1 Å². The standard InChI is InChI=1S/C10H11Cl2N/c11-9-3-1-2-8(10(9)12)7-4-5-13-6-7/h1-3,7,13H,4-6H2/t7-/m0/s1. The molecule has 0 spiro atoms. The zero-order chi connectivity index (χ0) is 9.26. The van der Waals surface area contributed by atoms with Crippen LogP contribution in [-0.2, 0) is 0 Å². The Morgan fingerprint density at radius 1 is 1.31 bits per heavy atom. The van der Waals surface area contributed by atoms with E-state index in [1.54, 1.807) is 0 Å². The lowest BCUT2D eigenvalue weighted by atomic mass is 9.98. The van der Waals surface area contributed by atoms with Gasteiger partial charge in [-0.25, -0.2) is 0 Å². The topological polar surface area (TPSA) is 12.0 Å². The minimum Gasteiger partial charge on any atom is -0.316 e. The highest BCUT2D eigenvalue weighted by atomic mass is 35.5. The van der Waals surface area contributed by atoms with E-state index in [2.05, 4.69) is 11.4 Å². The van der Waals surface area contributed by atoms with Gasteiger partial charge in [-0.2, -0.15) is 0 Å². The third kappa shape index (κ3) is 1.83. The first-order valence-corrected chi connectivity index (χ1v) is 5.19. The number of nitrogens with one attached hydrogen (secondary N) is 1. The van der Waals surface area contributed by atoms with E-state index in [0.717, 1.165) is 24.5 Å². The molecule has 1 fully saturated rings. The number of benzene rings is 1. The first-order valence-electron chi connectivity index (χ1n) is 4.43. The maximum atomic E-state index is 6.11. The van der Waals surface area contributed by atoms with Gasteiger partial charge in [0.25, 0.3) is 0 Å². The predicted molar refractivity (Wildman–Crippen MR) is 56.7 cm³/mol. The summed E-state index contributed by atoms with van der Waals surface area (Å²) in [6, 6.07) is 5.85. The molecular formula is C10H11Cl2N. The second-order valence-corrected chi connectivity index (χ2v) is 4.12. The lowest BCUT2D eigenvalue weighted by Gasteiger charge is -2.11. The van der Waals surface area contributed by atoms with E-state index in [4.69, 9.17) is 23.2 Å². The fourth-order valence-corrected chi connectivity index (χ4v) is 2.22. The van der Waals surface area contributed by atoms with Crippen molar-refractivity contribution < 1.29 is 0 Å². The summed E-state index contributed by atoms with van der Waals surface area (Å²) in [5, 5.41) is 4.69. The molecule has 1 saturated heterocycles. The van der Waals surface area contributed by atoms with Crippen molar-refractivity contribution in [2.24, 2.45) is 0 Å². The molecule has 0 bridgehead atoms.